The van der Waals surface area contributed by atoms with Crippen molar-refractivity contribution < 1.29 is 10.2 Å². The van der Waals surface area contributed by atoms with Crippen LogP contribution < -0.4 is 0 Å². The van der Waals surface area contributed by atoms with Crippen molar-refractivity contribution in [1.29, 1.82) is 0 Å². The van der Waals surface area contributed by atoms with Gasteiger partial charge in [0, 0.05) is 5.56 Å². The van der Waals surface area contributed by atoms with Crippen molar-refractivity contribution in [2.75, 3.05) is 0 Å². The molecule has 2 aromatic rings. The molecular formula is C24H32O2. The van der Waals surface area contributed by atoms with Gasteiger partial charge in [0.1, 0.15) is 11.5 Å². The highest BCUT2D eigenvalue weighted by molar-refractivity contribution is 5.44. The van der Waals surface area contributed by atoms with E-state index in [0.29, 0.717) is 23.3 Å². The minimum atomic E-state index is 0.322. The lowest BCUT2D eigenvalue weighted by molar-refractivity contribution is 0.397. The highest BCUT2D eigenvalue weighted by Gasteiger charge is 2.25. The highest BCUT2D eigenvalue weighted by Crippen LogP contribution is 2.44. The van der Waals surface area contributed by atoms with Crippen molar-refractivity contribution in [1.82, 2.24) is 0 Å². The zero-order valence-electron chi connectivity index (χ0n) is 15.7. The summed E-state index contributed by atoms with van der Waals surface area (Å²) in [4.78, 5) is 0. The average Bonchev–Trinajstić information content (AvgIpc) is 2.70. The molecule has 0 amide bonds. The van der Waals surface area contributed by atoms with Gasteiger partial charge in [-0.1, -0.05) is 68.9 Å². The van der Waals surface area contributed by atoms with Gasteiger partial charge < -0.3 is 10.2 Å². The Balaban J connectivity index is 0.000000236. The molecule has 0 aromatic heterocycles. The Morgan fingerprint density at radius 3 is 1.69 bits per heavy atom. The van der Waals surface area contributed by atoms with Gasteiger partial charge >= 0.3 is 0 Å². The van der Waals surface area contributed by atoms with Crippen molar-refractivity contribution in [3.63, 3.8) is 0 Å². The van der Waals surface area contributed by atoms with E-state index in [-0.39, 0.29) is 0 Å². The predicted octanol–water partition coefficient (Wildman–Crippen LogP) is 6.88. The summed E-state index contributed by atoms with van der Waals surface area (Å²) < 4.78 is 0. The van der Waals surface area contributed by atoms with E-state index in [4.69, 9.17) is 5.11 Å². The molecule has 2 fully saturated rings. The number of hydrogen-bond donors (Lipinski definition) is 2. The first-order valence-corrected chi connectivity index (χ1v) is 10.3. The minimum Gasteiger partial charge on any atom is -0.508 e. The van der Waals surface area contributed by atoms with Crippen LogP contribution in [-0.2, 0) is 0 Å². The highest BCUT2D eigenvalue weighted by atomic mass is 16.3. The van der Waals surface area contributed by atoms with Gasteiger partial charge in [-0.2, -0.15) is 0 Å². The van der Waals surface area contributed by atoms with E-state index in [1.165, 1.54) is 75.3 Å². The molecule has 0 bridgehead atoms. The maximum atomic E-state index is 10.4. The van der Waals surface area contributed by atoms with Crippen molar-refractivity contribution in [2.24, 2.45) is 0 Å². The topological polar surface area (TPSA) is 40.5 Å². The average molecular weight is 353 g/mol. The van der Waals surface area contributed by atoms with Gasteiger partial charge in [0.2, 0.25) is 0 Å². The number of phenols is 2. The monoisotopic (exact) mass is 352 g/mol. The lowest BCUT2D eigenvalue weighted by Crippen LogP contribution is -2.12. The van der Waals surface area contributed by atoms with Crippen LogP contribution in [0.2, 0.25) is 0 Å². The van der Waals surface area contributed by atoms with Gasteiger partial charge in [-0.3, -0.25) is 0 Å². The smallest absolute Gasteiger partial charge is 0.119 e. The van der Waals surface area contributed by atoms with E-state index < -0.39 is 0 Å². The third-order valence-electron chi connectivity index (χ3n) is 5.93. The normalized spacial score (nSPS) is 18.8. The molecule has 2 heteroatoms. The summed E-state index contributed by atoms with van der Waals surface area (Å²) in [6.45, 7) is 0. The van der Waals surface area contributed by atoms with Gasteiger partial charge in [0.25, 0.3) is 0 Å². The van der Waals surface area contributed by atoms with Crippen LogP contribution in [0.15, 0.2) is 48.5 Å². The Morgan fingerprint density at radius 1 is 0.577 bits per heavy atom. The largest absolute Gasteiger partial charge is 0.508 e. The molecule has 140 valence electrons. The molecule has 0 radical (unpaired) electrons. The maximum absolute atomic E-state index is 10.4. The molecule has 2 N–H and O–H groups in total. The van der Waals surface area contributed by atoms with Crippen LogP contribution >= 0.6 is 0 Å². The summed E-state index contributed by atoms with van der Waals surface area (Å²) in [5.41, 5.74) is 2.79. The Labute approximate surface area is 157 Å². The van der Waals surface area contributed by atoms with Crippen LogP contribution in [0.25, 0.3) is 0 Å². The maximum Gasteiger partial charge on any atom is 0.119 e. The zero-order valence-corrected chi connectivity index (χ0v) is 15.7. The fourth-order valence-corrected chi connectivity index (χ4v) is 4.60. The van der Waals surface area contributed by atoms with E-state index in [2.05, 4.69) is 6.07 Å². The fraction of sp³-hybridized carbons (Fsp3) is 0.500. The van der Waals surface area contributed by atoms with Crippen LogP contribution in [0.4, 0.5) is 0 Å². The van der Waals surface area contributed by atoms with Gasteiger partial charge in [0.15, 0.2) is 0 Å². The molecule has 2 nitrogen and oxygen atoms in total. The zero-order chi connectivity index (χ0) is 18.2. The lowest BCUT2D eigenvalue weighted by atomic mass is 9.75. The molecule has 0 aliphatic heterocycles. The van der Waals surface area contributed by atoms with Gasteiger partial charge in [0.05, 0.1) is 0 Å². The van der Waals surface area contributed by atoms with E-state index in [0.717, 1.165) is 0 Å². The molecule has 4 rings (SSSR count). The lowest BCUT2D eigenvalue weighted by Gasteiger charge is -2.30. The second kappa shape index (κ2) is 9.66. The molecule has 2 aliphatic rings. The fourth-order valence-electron chi connectivity index (χ4n) is 4.60. The molecule has 0 saturated heterocycles. The van der Waals surface area contributed by atoms with Crippen molar-refractivity contribution in [3.8, 4) is 11.5 Å². The molecule has 26 heavy (non-hydrogen) atoms. The summed E-state index contributed by atoms with van der Waals surface area (Å²) >= 11 is 0. The van der Waals surface area contributed by atoms with Crippen molar-refractivity contribution in [2.45, 2.75) is 76.0 Å². The summed E-state index contributed by atoms with van der Waals surface area (Å²) in [5.74, 6) is 2.21. The standard InChI is InChI=1S/C18H26O.C6H6O/c19-17-13-7-12-16(14-8-3-1-4-9-14)18(17)15-10-5-2-6-11-15;7-6-4-2-1-3-5-6/h7,12-15,19H,1-6,8-11H2;1-5,7H. The second-order valence-electron chi connectivity index (χ2n) is 7.79. The SMILES string of the molecule is Oc1cccc(C2CCCCC2)c1C1CCCCC1.Oc1ccccc1. The molecule has 2 saturated carbocycles. The van der Waals surface area contributed by atoms with Crippen LogP contribution in [0, 0.1) is 0 Å². The molecule has 0 unspecified atom stereocenters. The number of phenolic OH excluding ortho intramolecular Hbond substituents is 2. The number of benzene rings is 2. The predicted molar refractivity (Wildman–Crippen MR) is 108 cm³/mol. The third kappa shape index (κ3) is 5.03. The first kappa shape index (κ1) is 18.8. The number of hydrogen-bond acceptors (Lipinski definition) is 2. The van der Waals surface area contributed by atoms with Crippen LogP contribution in [0.3, 0.4) is 0 Å². The molecule has 0 spiro atoms. The van der Waals surface area contributed by atoms with Gasteiger partial charge in [-0.05, 0) is 61.3 Å². The van der Waals surface area contributed by atoms with Gasteiger partial charge in [-0.15, -0.1) is 0 Å². The summed E-state index contributed by atoms with van der Waals surface area (Å²) in [6.07, 6.45) is 13.4. The Morgan fingerprint density at radius 2 is 1.15 bits per heavy atom. The molecule has 0 atom stereocenters. The van der Waals surface area contributed by atoms with Crippen molar-refractivity contribution >= 4 is 0 Å². The van der Waals surface area contributed by atoms with Gasteiger partial charge in [-0.25, -0.2) is 0 Å². The number of para-hydroxylation sites is 1. The quantitative estimate of drug-likeness (QED) is 0.618. The van der Waals surface area contributed by atoms with Crippen LogP contribution in [0.5, 0.6) is 11.5 Å². The molecule has 0 heterocycles. The Hall–Kier alpha value is -1.96. The number of rotatable bonds is 2. The van der Waals surface area contributed by atoms with Crippen LogP contribution in [0.1, 0.15) is 87.2 Å². The van der Waals surface area contributed by atoms with E-state index in [1.54, 1.807) is 24.3 Å². The van der Waals surface area contributed by atoms with Crippen LogP contribution in [-0.4, -0.2) is 10.2 Å². The molecular weight excluding hydrogens is 320 g/mol. The molecule has 2 aliphatic carbocycles. The van der Waals surface area contributed by atoms with E-state index in [9.17, 15) is 5.11 Å². The first-order valence-electron chi connectivity index (χ1n) is 10.3. The second-order valence-corrected chi connectivity index (χ2v) is 7.79. The number of aromatic hydroxyl groups is 2. The Kier molecular flexibility index (Phi) is 6.99. The van der Waals surface area contributed by atoms with Crippen molar-refractivity contribution in [3.05, 3.63) is 59.7 Å². The Bertz CT molecular complexity index is 653. The third-order valence-corrected chi connectivity index (χ3v) is 5.93. The minimum absolute atomic E-state index is 0.322. The van der Waals surface area contributed by atoms with E-state index >= 15 is 0 Å². The summed E-state index contributed by atoms with van der Waals surface area (Å²) in [7, 11) is 0. The summed E-state index contributed by atoms with van der Waals surface area (Å²) in [6, 6.07) is 15.0. The molecule has 2 aromatic carbocycles. The van der Waals surface area contributed by atoms with E-state index in [1.807, 2.05) is 18.2 Å². The first-order chi connectivity index (χ1) is 12.8. The summed E-state index contributed by atoms with van der Waals surface area (Å²) in [5, 5.41) is 19.0.